The van der Waals surface area contributed by atoms with Gasteiger partial charge in [-0.15, -0.1) is 0 Å². The molecule has 0 amide bonds. The Kier molecular flexibility index (Phi) is 2.88. The van der Waals surface area contributed by atoms with Crippen molar-refractivity contribution in [2.45, 2.75) is 63.8 Å². The van der Waals surface area contributed by atoms with Crippen molar-refractivity contribution in [2.75, 3.05) is 0 Å². The number of fused-ring (bicyclic) bond motifs is 1. The third-order valence-corrected chi connectivity index (χ3v) is 3.30. The van der Waals surface area contributed by atoms with Gasteiger partial charge in [0.1, 0.15) is 24.5 Å². The molecule has 0 unspecified atom stereocenters. The second-order valence-electron chi connectivity index (χ2n) is 5.86. The molecule has 20 heavy (non-hydrogen) atoms. The summed E-state index contributed by atoms with van der Waals surface area (Å²) in [4.78, 5) is 2.87. The van der Waals surface area contributed by atoms with Gasteiger partial charge >= 0.3 is 0 Å². The molecule has 3 aliphatic heterocycles. The summed E-state index contributed by atoms with van der Waals surface area (Å²) in [7, 11) is 0. The molecule has 0 saturated carbocycles. The van der Waals surface area contributed by atoms with Crippen LogP contribution in [0.15, 0.2) is 17.1 Å². The van der Waals surface area contributed by atoms with Crippen LogP contribution < -0.4 is 0 Å². The topological polar surface area (TPSA) is 94.9 Å². The molecule has 0 radical (unpaired) electrons. The van der Waals surface area contributed by atoms with Crippen molar-refractivity contribution >= 4 is 0 Å². The van der Waals surface area contributed by atoms with Gasteiger partial charge in [-0.1, -0.05) is 5.11 Å². The fraction of sp³-hybridized carbons (Fsp3) is 0.833. The Hall–Kier alpha value is -1.47. The van der Waals surface area contributed by atoms with Crippen LogP contribution in [0, 0.1) is 0 Å². The fourth-order valence-electron chi connectivity index (χ4n) is 2.57. The zero-order valence-corrected chi connectivity index (χ0v) is 11.8. The molecule has 0 aromatic heterocycles. The highest BCUT2D eigenvalue weighted by Gasteiger charge is 2.56. The van der Waals surface area contributed by atoms with Gasteiger partial charge in [0.05, 0.1) is 0 Å². The van der Waals surface area contributed by atoms with E-state index in [1.807, 2.05) is 0 Å². The number of hydrogen-bond donors (Lipinski definition) is 0. The van der Waals surface area contributed by atoms with Crippen molar-refractivity contribution in [3.63, 3.8) is 0 Å². The van der Waals surface area contributed by atoms with Crippen molar-refractivity contribution in [3.05, 3.63) is 22.5 Å². The summed E-state index contributed by atoms with van der Waals surface area (Å²) in [6.07, 6.45) is -0.131. The Morgan fingerprint density at radius 3 is 2.55 bits per heavy atom. The molecule has 0 N–H and O–H groups in total. The predicted molar refractivity (Wildman–Crippen MR) is 66.0 cm³/mol. The highest BCUT2D eigenvalue weighted by atomic mass is 16.8. The van der Waals surface area contributed by atoms with Gasteiger partial charge in [-0.2, -0.15) is 0 Å². The third kappa shape index (κ3) is 2.20. The molecule has 2 fully saturated rings. The standard InChI is InChI=1S/C12H17N3O5/c1-11(2)16-5-6(18-11)8-7(14-15-13)9-10(17-8)20-12(3,4)19-9/h5,7-10H,1-4H3/t7-,8+,9+,10+/m0/s1. The molecule has 0 aromatic rings. The molecule has 3 heterocycles. The second kappa shape index (κ2) is 4.26. The third-order valence-electron chi connectivity index (χ3n) is 3.30. The fourth-order valence-corrected chi connectivity index (χ4v) is 2.57. The molecule has 0 aromatic carbocycles. The van der Waals surface area contributed by atoms with Crippen molar-refractivity contribution in [1.82, 2.24) is 0 Å². The summed E-state index contributed by atoms with van der Waals surface area (Å²) >= 11 is 0. The van der Waals surface area contributed by atoms with E-state index in [2.05, 4.69) is 10.0 Å². The number of azide groups is 1. The molecule has 0 spiro atoms. The Labute approximate surface area is 116 Å². The van der Waals surface area contributed by atoms with E-state index in [0.29, 0.717) is 5.76 Å². The van der Waals surface area contributed by atoms with Crippen LogP contribution in [0.25, 0.3) is 10.4 Å². The van der Waals surface area contributed by atoms with Gasteiger partial charge in [0.25, 0.3) is 0 Å². The Morgan fingerprint density at radius 2 is 1.95 bits per heavy atom. The smallest absolute Gasteiger partial charge is 0.244 e. The zero-order valence-electron chi connectivity index (χ0n) is 11.8. The van der Waals surface area contributed by atoms with Crippen molar-refractivity contribution in [3.8, 4) is 0 Å². The first-order valence-electron chi connectivity index (χ1n) is 6.43. The van der Waals surface area contributed by atoms with Crippen LogP contribution in [-0.2, 0) is 23.7 Å². The summed E-state index contributed by atoms with van der Waals surface area (Å²) in [6.45, 7) is 7.14. The maximum absolute atomic E-state index is 8.75. The number of rotatable bonds is 2. The first kappa shape index (κ1) is 13.5. The Balaban J connectivity index is 1.82. The van der Waals surface area contributed by atoms with E-state index < -0.39 is 36.1 Å². The molecule has 3 rings (SSSR count). The minimum Gasteiger partial charge on any atom is -0.457 e. The van der Waals surface area contributed by atoms with Crippen molar-refractivity contribution in [1.29, 1.82) is 0 Å². The van der Waals surface area contributed by atoms with Gasteiger partial charge in [-0.3, -0.25) is 0 Å². The first-order chi connectivity index (χ1) is 9.31. The summed E-state index contributed by atoms with van der Waals surface area (Å²) in [6, 6.07) is -0.560. The predicted octanol–water partition coefficient (Wildman–Crippen LogP) is 2.17. The van der Waals surface area contributed by atoms with Crippen LogP contribution in [0.1, 0.15) is 27.7 Å². The van der Waals surface area contributed by atoms with Gasteiger partial charge in [0, 0.05) is 18.8 Å². The molecular formula is C12H17N3O5. The molecule has 8 heteroatoms. The average molecular weight is 283 g/mol. The van der Waals surface area contributed by atoms with Crippen molar-refractivity contribution < 1.29 is 23.7 Å². The summed E-state index contributed by atoms with van der Waals surface area (Å²) < 4.78 is 28.2. The lowest BCUT2D eigenvalue weighted by Gasteiger charge is -2.25. The van der Waals surface area contributed by atoms with E-state index in [1.54, 1.807) is 27.7 Å². The molecule has 2 saturated heterocycles. The summed E-state index contributed by atoms with van der Waals surface area (Å²) in [5.74, 6) is -1.03. The molecule has 8 nitrogen and oxygen atoms in total. The van der Waals surface area contributed by atoms with Gasteiger partial charge < -0.3 is 23.7 Å². The lowest BCUT2D eigenvalue weighted by atomic mass is 10.1. The maximum atomic E-state index is 8.75. The van der Waals surface area contributed by atoms with Crippen LogP contribution >= 0.6 is 0 Å². The lowest BCUT2D eigenvalue weighted by molar-refractivity contribution is -0.209. The molecular weight excluding hydrogens is 266 g/mol. The van der Waals surface area contributed by atoms with Gasteiger partial charge in [0.15, 0.2) is 17.8 Å². The van der Waals surface area contributed by atoms with Crippen LogP contribution in [0.5, 0.6) is 0 Å². The van der Waals surface area contributed by atoms with Crippen LogP contribution in [0.4, 0.5) is 0 Å². The molecule has 3 aliphatic rings. The van der Waals surface area contributed by atoms with Crippen LogP contribution in [-0.4, -0.2) is 36.1 Å². The lowest BCUT2D eigenvalue weighted by Crippen LogP contribution is -2.35. The van der Waals surface area contributed by atoms with E-state index in [4.69, 9.17) is 29.2 Å². The number of hydrogen-bond acceptors (Lipinski definition) is 6. The largest absolute Gasteiger partial charge is 0.457 e. The Morgan fingerprint density at radius 1 is 1.20 bits per heavy atom. The van der Waals surface area contributed by atoms with Gasteiger partial charge in [0.2, 0.25) is 5.79 Å². The number of ether oxygens (including phenoxy) is 5. The Bertz CT molecular complexity index is 497. The molecule has 110 valence electrons. The van der Waals surface area contributed by atoms with Gasteiger partial charge in [-0.25, -0.2) is 0 Å². The highest BCUT2D eigenvalue weighted by molar-refractivity contribution is 5.13. The summed E-state index contributed by atoms with van der Waals surface area (Å²) in [5, 5.41) is 3.78. The maximum Gasteiger partial charge on any atom is 0.244 e. The zero-order chi connectivity index (χ0) is 14.5. The highest BCUT2D eigenvalue weighted by Crippen LogP contribution is 2.42. The van der Waals surface area contributed by atoms with E-state index in [9.17, 15) is 0 Å². The second-order valence-corrected chi connectivity index (χ2v) is 5.86. The van der Waals surface area contributed by atoms with Gasteiger partial charge in [-0.05, 0) is 19.4 Å². The minimum absolute atomic E-state index is 0.459. The minimum atomic E-state index is -0.760. The monoisotopic (exact) mass is 283 g/mol. The molecule has 0 bridgehead atoms. The van der Waals surface area contributed by atoms with E-state index in [-0.39, 0.29) is 0 Å². The van der Waals surface area contributed by atoms with Crippen LogP contribution in [0.2, 0.25) is 0 Å². The van der Waals surface area contributed by atoms with Crippen LogP contribution in [0.3, 0.4) is 0 Å². The normalized spacial score (nSPS) is 40.3. The summed E-state index contributed by atoms with van der Waals surface area (Å²) in [5.41, 5.74) is 8.75. The number of nitrogens with zero attached hydrogens (tertiary/aromatic N) is 3. The van der Waals surface area contributed by atoms with Crippen molar-refractivity contribution in [2.24, 2.45) is 5.11 Å². The SMILES string of the molecule is CC1(C)OC=C([C@H]2O[C@@H]3OC(C)(C)O[C@@H]3[C@H]2N=[N+]=[N-])O1. The molecule has 0 aliphatic carbocycles. The van der Waals surface area contributed by atoms with E-state index >= 15 is 0 Å². The average Bonchev–Trinajstić information content (AvgIpc) is 2.91. The molecule has 4 atom stereocenters. The quantitative estimate of drug-likeness (QED) is 0.439. The van der Waals surface area contributed by atoms with E-state index in [1.165, 1.54) is 6.26 Å². The van der Waals surface area contributed by atoms with E-state index in [0.717, 1.165) is 0 Å². The first-order valence-corrected chi connectivity index (χ1v) is 6.43.